The Morgan fingerprint density at radius 3 is 1.15 bits per heavy atom. The zero-order valence-electron chi connectivity index (χ0n) is 37.5. The van der Waals surface area contributed by atoms with E-state index in [0.29, 0.717) is 18.1 Å². The van der Waals surface area contributed by atoms with Crippen molar-refractivity contribution in [3.63, 3.8) is 0 Å². The molecule has 0 spiro atoms. The lowest BCUT2D eigenvalue weighted by molar-refractivity contribution is -0.137. The molecule has 22 heteroatoms. The lowest BCUT2D eigenvalue weighted by Crippen LogP contribution is -2.67. The molecule has 0 saturated carbocycles. The molecule has 0 rings (SSSR count). The summed E-state index contributed by atoms with van der Waals surface area (Å²) in [4.78, 5) is 12.1. The van der Waals surface area contributed by atoms with Gasteiger partial charge >= 0.3 is 23.6 Å². The van der Waals surface area contributed by atoms with Crippen molar-refractivity contribution in [2.45, 2.75) is 167 Å². The van der Waals surface area contributed by atoms with Crippen LogP contribution in [0.15, 0.2) is 12.7 Å². The molecule has 0 N–H and O–H groups in total. The van der Waals surface area contributed by atoms with E-state index in [1.807, 2.05) is 0 Å². The van der Waals surface area contributed by atoms with E-state index in [1.54, 1.807) is 0 Å². The van der Waals surface area contributed by atoms with Gasteiger partial charge in [-0.15, -0.1) is 0 Å². The lowest BCUT2D eigenvalue weighted by atomic mass is 10.5. The van der Waals surface area contributed by atoms with Gasteiger partial charge in [-0.1, -0.05) is 6.58 Å². The van der Waals surface area contributed by atoms with E-state index in [4.69, 9.17) is 37.7 Å². The molecular weight excluding hydrogens is 857 g/mol. The molecule has 0 aromatic carbocycles. The van der Waals surface area contributed by atoms with Gasteiger partial charge in [-0.05, 0) is 155 Å². The molecular formula is C30H82O10Si12. The monoisotopic (exact) mass is 938 g/mol. The van der Waals surface area contributed by atoms with E-state index in [0.717, 1.165) is 11.3 Å². The molecule has 0 aromatic heterocycles. The number of hydrogen-bond acceptors (Lipinski definition) is 10. The smallest absolute Gasteiger partial charge is 0.463 e. The quantitative estimate of drug-likeness (QED) is 0.0345. The molecule has 310 valence electrons. The molecule has 0 amide bonds. The molecule has 10 nitrogen and oxygen atoms in total. The number of carbonyl (C=O) groups is 1. The van der Waals surface area contributed by atoms with Crippen LogP contribution in [0.3, 0.4) is 0 Å². The summed E-state index contributed by atoms with van der Waals surface area (Å²) in [6.07, 6.45) is 1.78. The van der Waals surface area contributed by atoms with Gasteiger partial charge in [0.2, 0.25) is 0 Å². The Balaban J connectivity index is 7.33. The van der Waals surface area contributed by atoms with Crippen molar-refractivity contribution in [3.8, 4) is 0 Å². The van der Waals surface area contributed by atoms with Gasteiger partial charge in [0.15, 0.2) is 66.5 Å². The van der Waals surface area contributed by atoms with Gasteiger partial charge in [0.25, 0.3) is 0 Å². The van der Waals surface area contributed by atoms with Crippen molar-refractivity contribution >= 4 is 110 Å². The Bertz CT molecular complexity index is 1030. The summed E-state index contributed by atoms with van der Waals surface area (Å²) in [7, 11) is -25.3. The third-order valence-corrected chi connectivity index (χ3v) is 54.2. The standard InChI is InChI=1S/C30H82O10Si12/c1-23-30(31)32-25-24-26-51(38-48(17,18)27-41-33-43(2,3)4,39-49(19,20)28-42-34-44(5,6)7)40-50(21,22)29-52(35-45(8,9)10,36-46(11,12)13)37-47(14,15)16/h23H,1,24-29,41-42H2,2-22H3. The summed E-state index contributed by atoms with van der Waals surface area (Å²) in [6, 6.07) is 0.556. The summed E-state index contributed by atoms with van der Waals surface area (Å²) in [5.74, 6) is -0.426. The van der Waals surface area contributed by atoms with E-state index < -0.39 is 110 Å². The van der Waals surface area contributed by atoms with Crippen LogP contribution in [0.25, 0.3) is 0 Å². The summed E-state index contributed by atoms with van der Waals surface area (Å²) in [5, 5.41) is 0. The summed E-state index contributed by atoms with van der Waals surface area (Å²) >= 11 is 0. The minimum Gasteiger partial charge on any atom is -0.463 e. The normalized spacial score (nSPS) is 16.2. The second-order valence-electron chi connectivity index (χ2n) is 20.7. The average molecular weight is 940 g/mol. The molecule has 0 aliphatic heterocycles. The van der Waals surface area contributed by atoms with E-state index in [9.17, 15) is 4.79 Å². The molecule has 0 bridgehead atoms. The molecule has 0 aliphatic carbocycles. The van der Waals surface area contributed by atoms with Crippen molar-refractivity contribution < 1.29 is 42.5 Å². The van der Waals surface area contributed by atoms with Crippen LogP contribution in [0.1, 0.15) is 6.42 Å². The molecule has 0 unspecified atom stereocenters. The molecule has 52 heavy (non-hydrogen) atoms. The molecule has 0 aliphatic rings. The Morgan fingerprint density at radius 2 is 0.846 bits per heavy atom. The highest BCUT2D eigenvalue weighted by atomic mass is 28.5. The first-order valence-electron chi connectivity index (χ1n) is 19.1. The van der Waals surface area contributed by atoms with Gasteiger partial charge in [-0.25, -0.2) is 4.79 Å². The fourth-order valence-corrected chi connectivity index (χ4v) is 53.8. The maximum Gasteiger partial charge on any atom is 0.469 e. The predicted molar refractivity (Wildman–Crippen MR) is 251 cm³/mol. The zero-order chi connectivity index (χ0) is 41.3. The summed E-state index contributed by atoms with van der Waals surface area (Å²) < 4.78 is 62.7. The highest BCUT2D eigenvalue weighted by Gasteiger charge is 2.58. The molecule has 0 heterocycles. The van der Waals surface area contributed by atoms with Crippen LogP contribution in [0.4, 0.5) is 0 Å². The van der Waals surface area contributed by atoms with Gasteiger partial charge in [0, 0.05) is 17.8 Å². The largest absolute Gasteiger partial charge is 0.469 e. The Labute approximate surface area is 336 Å². The van der Waals surface area contributed by atoms with E-state index in [2.05, 4.69) is 144 Å². The number of rotatable bonds is 27. The van der Waals surface area contributed by atoms with Gasteiger partial charge < -0.3 is 37.7 Å². The maximum atomic E-state index is 12.1. The van der Waals surface area contributed by atoms with Gasteiger partial charge in [0.05, 0.1) is 6.61 Å². The van der Waals surface area contributed by atoms with Crippen molar-refractivity contribution in [1.82, 2.24) is 0 Å². The highest BCUT2D eigenvalue weighted by Crippen LogP contribution is 2.38. The van der Waals surface area contributed by atoms with Gasteiger partial charge in [-0.3, -0.25) is 0 Å². The Hall–Kier alpha value is 1.49. The average Bonchev–Trinajstić information content (AvgIpc) is 2.79. The fraction of sp³-hybridized carbons (Fsp3) is 0.900. The van der Waals surface area contributed by atoms with E-state index >= 15 is 0 Å². The van der Waals surface area contributed by atoms with E-state index in [1.165, 1.54) is 6.08 Å². The predicted octanol–water partition coefficient (Wildman–Crippen LogP) is 8.53. The number of esters is 1. The second kappa shape index (κ2) is 20.5. The van der Waals surface area contributed by atoms with Gasteiger partial charge in [-0.2, -0.15) is 0 Å². The minimum absolute atomic E-state index is 0.248. The number of carbonyl (C=O) groups excluding carboxylic acids is 1. The van der Waals surface area contributed by atoms with Crippen LogP contribution in [-0.2, 0) is 42.5 Å². The zero-order valence-corrected chi connectivity index (χ0v) is 50.4. The summed E-state index contributed by atoms with van der Waals surface area (Å²) in [5.41, 5.74) is 2.56. The van der Waals surface area contributed by atoms with Crippen LogP contribution >= 0.6 is 0 Å². The minimum atomic E-state index is -3.44. The van der Waals surface area contributed by atoms with Crippen LogP contribution in [-0.4, -0.2) is 116 Å². The summed E-state index contributed by atoms with van der Waals surface area (Å²) in [6.45, 7) is 51.1. The second-order valence-corrected chi connectivity index (χ2v) is 69.0. The molecule has 0 fully saturated rings. The lowest BCUT2D eigenvalue weighted by Gasteiger charge is -2.48. The molecule has 0 aromatic rings. The first-order chi connectivity index (χ1) is 22.8. The Kier molecular flexibility index (Phi) is 21.0. The topological polar surface area (TPSA) is 100 Å². The fourth-order valence-electron chi connectivity index (χ4n) is 5.43. The maximum absolute atomic E-state index is 12.1. The number of hydrogen-bond donors (Lipinski definition) is 0. The van der Waals surface area contributed by atoms with Crippen LogP contribution in [0, 0.1) is 0 Å². The van der Waals surface area contributed by atoms with Crippen LogP contribution in [0.2, 0.25) is 161 Å². The third kappa shape index (κ3) is 27.2. The van der Waals surface area contributed by atoms with Crippen LogP contribution < -0.4 is 0 Å². The first kappa shape index (κ1) is 53.5. The molecule has 0 radical (unpaired) electrons. The van der Waals surface area contributed by atoms with E-state index in [-0.39, 0.29) is 6.61 Å². The van der Waals surface area contributed by atoms with Crippen molar-refractivity contribution in [2.75, 3.05) is 6.61 Å². The van der Waals surface area contributed by atoms with Crippen molar-refractivity contribution in [1.29, 1.82) is 0 Å². The van der Waals surface area contributed by atoms with Crippen molar-refractivity contribution in [2.24, 2.45) is 0 Å². The first-order valence-corrected chi connectivity index (χ1v) is 52.5. The van der Waals surface area contributed by atoms with Gasteiger partial charge in [0.1, 0.15) is 19.5 Å². The third-order valence-electron chi connectivity index (χ3n) is 6.84. The van der Waals surface area contributed by atoms with Crippen LogP contribution in [0.5, 0.6) is 0 Å². The number of ether oxygens (including phenoxy) is 1. The highest BCUT2D eigenvalue weighted by molar-refractivity contribution is 6.99. The Morgan fingerprint density at radius 1 is 0.500 bits per heavy atom. The molecule has 0 saturated heterocycles. The van der Waals surface area contributed by atoms with Crippen molar-refractivity contribution in [3.05, 3.63) is 12.7 Å². The SMILES string of the molecule is C=CC(=O)OCCC[Si](O[Si](C)(C)C[SiH2]O[Si](C)(C)C)(O[Si](C)(C)C[SiH2]O[Si](C)(C)C)O[Si](C)(C)C[Si](O[Si](C)(C)C)(O[Si](C)(C)C)O[Si](C)(C)C. The molecule has 0 atom stereocenters.